The van der Waals surface area contributed by atoms with Gasteiger partial charge in [-0.2, -0.15) is 0 Å². The molecule has 0 radical (unpaired) electrons. The van der Waals surface area contributed by atoms with Gasteiger partial charge in [0.2, 0.25) is 0 Å². The summed E-state index contributed by atoms with van der Waals surface area (Å²) in [6.45, 7) is 7.53. The molecule has 0 fully saturated rings. The van der Waals surface area contributed by atoms with Crippen molar-refractivity contribution in [1.82, 2.24) is 10.2 Å². The highest BCUT2D eigenvalue weighted by Gasteiger charge is 2.17. The van der Waals surface area contributed by atoms with Gasteiger partial charge in [-0.15, -0.1) is 0 Å². The zero-order chi connectivity index (χ0) is 18.9. The van der Waals surface area contributed by atoms with Gasteiger partial charge in [0.15, 0.2) is 0 Å². The molecule has 2 aromatic rings. The highest BCUT2D eigenvalue weighted by Crippen LogP contribution is 2.14. The Kier molecular flexibility index (Phi) is 7.39. The fraction of sp³-hybridized carbons (Fsp3) is 0.364. The minimum absolute atomic E-state index is 0.0144. The molecule has 2 aromatic carbocycles. The number of carbonyl (C=O) groups excluding carboxylic acids is 2. The molecule has 4 nitrogen and oxygen atoms in total. The number of rotatable bonds is 8. The molecule has 0 spiro atoms. The van der Waals surface area contributed by atoms with Gasteiger partial charge in [0, 0.05) is 24.2 Å². The van der Waals surface area contributed by atoms with E-state index in [1.54, 1.807) is 24.3 Å². The van der Waals surface area contributed by atoms with Crippen LogP contribution in [0.25, 0.3) is 0 Å². The fourth-order valence-corrected chi connectivity index (χ4v) is 2.94. The first-order valence-electron chi connectivity index (χ1n) is 9.32. The fourth-order valence-electron chi connectivity index (χ4n) is 2.94. The molecule has 0 aliphatic rings. The monoisotopic (exact) mass is 352 g/mol. The molecule has 0 aliphatic carbocycles. The second-order valence-corrected chi connectivity index (χ2v) is 6.48. The van der Waals surface area contributed by atoms with E-state index >= 15 is 0 Å². The smallest absolute Gasteiger partial charge is 0.253 e. The van der Waals surface area contributed by atoms with Crippen LogP contribution in [0.3, 0.4) is 0 Å². The topological polar surface area (TPSA) is 49.4 Å². The van der Waals surface area contributed by atoms with Crippen LogP contribution in [-0.2, 0) is 0 Å². The van der Waals surface area contributed by atoms with Gasteiger partial charge in [-0.3, -0.25) is 9.59 Å². The lowest BCUT2D eigenvalue weighted by molar-refractivity contribution is 0.0755. The van der Waals surface area contributed by atoms with E-state index in [-0.39, 0.29) is 17.9 Å². The Morgan fingerprint density at radius 2 is 1.54 bits per heavy atom. The zero-order valence-corrected chi connectivity index (χ0v) is 15.9. The Morgan fingerprint density at radius 1 is 0.923 bits per heavy atom. The molecule has 0 bridgehead atoms. The Hall–Kier alpha value is -2.62. The molecule has 0 heterocycles. The maximum Gasteiger partial charge on any atom is 0.253 e. The van der Waals surface area contributed by atoms with E-state index in [1.807, 2.05) is 42.2 Å². The van der Waals surface area contributed by atoms with Gasteiger partial charge in [0.25, 0.3) is 11.8 Å². The molecule has 26 heavy (non-hydrogen) atoms. The zero-order valence-electron chi connectivity index (χ0n) is 15.9. The van der Waals surface area contributed by atoms with Crippen molar-refractivity contribution in [2.75, 3.05) is 13.1 Å². The van der Waals surface area contributed by atoms with E-state index in [4.69, 9.17) is 0 Å². The van der Waals surface area contributed by atoms with Crippen LogP contribution in [0.2, 0.25) is 0 Å². The molecule has 1 atom stereocenters. The quantitative estimate of drug-likeness (QED) is 0.763. The molecule has 1 N–H and O–H groups in total. The second kappa shape index (κ2) is 9.76. The lowest BCUT2D eigenvalue weighted by atomic mass is 10.1. The summed E-state index contributed by atoms with van der Waals surface area (Å²) >= 11 is 0. The molecule has 1 unspecified atom stereocenters. The van der Waals surface area contributed by atoms with Gasteiger partial charge in [-0.1, -0.05) is 50.2 Å². The third kappa shape index (κ3) is 5.19. The average molecular weight is 352 g/mol. The molecular formula is C22H28N2O2. The van der Waals surface area contributed by atoms with Gasteiger partial charge >= 0.3 is 0 Å². The highest BCUT2D eigenvalue weighted by molar-refractivity contribution is 5.99. The first kappa shape index (κ1) is 19.7. The largest absolute Gasteiger partial charge is 0.346 e. The van der Waals surface area contributed by atoms with E-state index in [1.165, 1.54) is 0 Å². The van der Waals surface area contributed by atoms with Crippen LogP contribution in [0.15, 0.2) is 54.6 Å². The average Bonchev–Trinajstić information content (AvgIpc) is 2.68. The molecular weight excluding hydrogens is 324 g/mol. The standard InChI is InChI=1S/C22H28N2O2/c1-4-14-24(15-5-2)22(26)20-13-9-12-19(16-20)21(25)23-17(3)18-10-7-6-8-11-18/h6-13,16-17H,4-5,14-15H2,1-3H3,(H,23,25). The SMILES string of the molecule is CCCN(CCC)C(=O)c1cccc(C(=O)NC(C)c2ccccc2)c1. The van der Waals surface area contributed by atoms with Crippen molar-refractivity contribution < 1.29 is 9.59 Å². The third-order valence-electron chi connectivity index (χ3n) is 4.29. The van der Waals surface area contributed by atoms with Crippen LogP contribution in [0.5, 0.6) is 0 Å². The summed E-state index contributed by atoms with van der Waals surface area (Å²) in [6.07, 6.45) is 1.83. The van der Waals surface area contributed by atoms with E-state index in [0.717, 1.165) is 31.5 Å². The second-order valence-electron chi connectivity index (χ2n) is 6.48. The lowest BCUT2D eigenvalue weighted by Crippen LogP contribution is -2.33. The number of hydrogen-bond acceptors (Lipinski definition) is 2. The summed E-state index contributed by atoms with van der Waals surface area (Å²) in [6, 6.07) is 16.7. The first-order valence-corrected chi connectivity index (χ1v) is 9.32. The molecule has 138 valence electrons. The minimum Gasteiger partial charge on any atom is -0.346 e. The van der Waals surface area contributed by atoms with E-state index in [0.29, 0.717) is 11.1 Å². The third-order valence-corrected chi connectivity index (χ3v) is 4.29. The van der Waals surface area contributed by atoms with Gasteiger partial charge < -0.3 is 10.2 Å². The van der Waals surface area contributed by atoms with Crippen molar-refractivity contribution in [3.63, 3.8) is 0 Å². The Bertz CT molecular complexity index is 722. The minimum atomic E-state index is -0.173. The molecule has 2 rings (SSSR count). The summed E-state index contributed by atoms with van der Waals surface area (Å²) < 4.78 is 0. The number of nitrogens with one attached hydrogen (secondary N) is 1. The van der Waals surface area contributed by atoms with Crippen molar-refractivity contribution in [3.8, 4) is 0 Å². The van der Waals surface area contributed by atoms with Gasteiger partial charge in [-0.05, 0) is 43.5 Å². The van der Waals surface area contributed by atoms with Crippen molar-refractivity contribution >= 4 is 11.8 Å². The molecule has 2 amide bonds. The van der Waals surface area contributed by atoms with Crippen LogP contribution in [-0.4, -0.2) is 29.8 Å². The number of amides is 2. The number of benzene rings is 2. The molecule has 0 saturated carbocycles. The maximum atomic E-state index is 12.7. The van der Waals surface area contributed by atoms with Crippen LogP contribution >= 0.6 is 0 Å². The number of nitrogens with zero attached hydrogens (tertiary/aromatic N) is 1. The van der Waals surface area contributed by atoms with Crippen LogP contribution in [0.4, 0.5) is 0 Å². The maximum absolute atomic E-state index is 12.7. The van der Waals surface area contributed by atoms with Crippen molar-refractivity contribution in [2.45, 2.75) is 39.7 Å². The Morgan fingerprint density at radius 3 is 2.15 bits per heavy atom. The lowest BCUT2D eigenvalue weighted by Gasteiger charge is -2.22. The van der Waals surface area contributed by atoms with Gasteiger partial charge in [-0.25, -0.2) is 0 Å². The van der Waals surface area contributed by atoms with Crippen LogP contribution in [0.1, 0.15) is 65.9 Å². The molecule has 4 heteroatoms. The van der Waals surface area contributed by atoms with Crippen LogP contribution in [0, 0.1) is 0 Å². The summed E-state index contributed by atoms with van der Waals surface area (Å²) in [4.78, 5) is 27.2. The predicted octanol–water partition coefficient (Wildman–Crippen LogP) is 4.44. The molecule has 0 saturated heterocycles. The van der Waals surface area contributed by atoms with E-state index in [2.05, 4.69) is 19.2 Å². The Balaban J connectivity index is 2.12. The first-order chi connectivity index (χ1) is 12.6. The van der Waals surface area contributed by atoms with Crippen molar-refractivity contribution in [1.29, 1.82) is 0 Å². The predicted molar refractivity (Wildman–Crippen MR) is 105 cm³/mol. The van der Waals surface area contributed by atoms with Gasteiger partial charge in [0.1, 0.15) is 0 Å². The highest BCUT2D eigenvalue weighted by atomic mass is 16.2. The normalized spacial score (nSPS) is 11.7. The summed E-state index contributed by atoms with van der Waals surface area (Å²) in [5, 5.41) is 2.99. The number of hydrogen-bond donors (Lipinski definition) is 1. The molecule has 0 aromatic heterocycles. The van der Waals surface area contributed by atoms with Crippen molar-refractivity contribution in [2.24, 2.45) is 0 Å². The van der Waals surface area contributed by atoms with Crippen molar-refractivity contribution in [3.05, 3.63) is 71.3 Å². The summed E-state index contributed by atoms with van der Waals surface area (Å²) in [5.41, 5.74) is 2.11. The van der Waals surface area contributed by atoms with E-state index < -0.39 is 0 Å². The molecule has 0 aliphatic heterocycles. The van der Waals surface area contributed by atoms with Gasteiger partial charge in [0.05, 0.1) is 6.04 Å². The number of carbonyl (C=O) groups is 2. The van der Waals surface area contributed by atoms with E-state index in [9.17, 15) is 9.59 Å². The Labute approximate surface area is 156 Å². The summed E-state index contributed by atoms with van der Waals surface area (Å²) in [7, 11) is 0. The van der Waals surface area contributed by atoms with Crippen LogP contribution < -0.4 is 5.32 Å². The summed E-state index contributed by atoms with van der Waals surface area (Å²) in [5.74, 6) is -0.187.